The first-order chi connectivity index (χ1) is 13.7. The number of sulfone groups is 1. The number of ether oxygens (including phenoxy) is 1. The van der Waals surface area contributed by atoms with Crippen molar-refractivity contribution < 1.29 is 17.9 Å². The van der Waals surface area contributed by atoms with Gasteiger partial charge < -0.3 is 10.1 Å². The number of nitrogens with one attached hydrogen (secondary N) is 1. The van der Waals surface area contributed by atoms with Crippen molar-refractivity contribution in [2.75, 3.05) is 12.4 Å². The average Bonchev–Trinajstić information content (AvgIpc) is 3.09. The van der Waals surface area contributed by atoms with Crippen molar-refractivity contribution in [1.29, 1.82) is 0 Å². The summed E-state index contributed by atoms with van der Waals surface area (Å²) in [6, 6.07) is 10.0. The van der Waals surface area contributed by atoms with Gasteiger partial charge in [0.2, 0.25) is 9.84 Å². The van der Waals surface area contributed by atoms with E-state index in [4.69, 9.17) is 27.9 Å². The summed E-state index contributed by atoms with van der Waals surface area (Å²) in [5.41, 5.74) is 0.266. The van der Waals surface area contributed by atoms with Crippen LogP contribution in [0, 0.1) is 0 Å². The van der Waals surface area contributed by atoms with Gasteiger partial charge in [0.15, 0.2) is 5.69 Å². The van der Waals surface area contributed by atoms with E-state index in [1.807, 2.05) is 6.92 Å². The average molecular weight is 454 g/mol. The molecule has 0 unspecified atom stereocenters. The molecule has 1 amide bonds. The summed E-state index contributed by atoms with van der Waals surface area (Å²) in [5.74, 6) is -0.300. The van der Waals surface area contributed by atoms with Gasteiger partial charge in [-0.25, -0.2) is 8.42 Å². The molecule has 0 saturated heterocycles. The molecule has 0 aliphatic carbocycles. The Bertz CT molecular complexity index is 1160. The Morgan fingerprint density at radius 2 is 1.83 bits per heavy atom. The molecule has 0 aliphatic rings. The smallest absolute Gasteiger partial charge is 0.277 e. The van der Waals surface area contributed by atoms with Gasteiger partial charge in [-0.1, -0.05) is 23.2 Å². The summed E-state index contributed by atoms with van der Waals surface area (Å²) >= 11 is 11.9. The lowest BCUT2D eigenvalue weighted by atomic mass is 10.3. The highest BCUT2D eigenvalue weighted by Crippen LogP contribution is 2.29. The van der Waals surface area contributed by atoms with Gasteiger partial charge in [-0.15, -0.1) is 0 Å². The summed E-state index contributed by atoms with van der Waals surface area (Å²) in [4.78, 5) is 12.6. The summed E-state index contributed by atoms with van der Waals surface area (Å²) in [6.45, 7) is 2.41. The van der Waals surface area contributed by atoms with Gasteiger partial charge in [0.1, 0.15) is 5.75 Å². The minimum absolute atomic E-state index is 0.0402. The maximum Gasteiger partial charge on any atom is 0.277 e. The standard InChI is InChI=1S/C19H17Cl2N3O4S/c1-3-24-11-17(21)18(23-24)19(25)22-13-8-14(28-2)10-16(9-13)29(26,27)15-6-4-12(20)5-7-15/h4-11H,3H2,1-2H3,(H,22,25). The zero-order valence-electron chi connectivity index (χ0n) is 15.5. The lowest BCUT2D eigenvalue weighted by Gasteiger charge is -2.11. The zero-order chi connectivity index (χ0) is 21.2. The highest BCUT2D eigenvalue weighted by Gasteiger charge is 2.21. The van der Waals surface area contributed by atoms with Crippen LogP contribution < -0.4 is 10.1 Å². The van der Waals surface area contributed by atoms with Gasteiger partial charge in [-0.05, 0) is 43.3 Å². The molecule has 0 bridgehead atoms. The van der Waals surface area contributed by atoms with Crippen LogP contribution in [0.25, 0.3) is 0 Å². The number of halogens is 2. The van der Waals surface area contributed by atoms with Gasteiger partial charge in [0.25, 0.3) is 5.91 Å². The second kappa shape index (κ2) is 8.44. The molecule has 29 heavy (non-hydrogen) atoms. The van der Waals surface area contributed by atoms with Crippen LogP contribution >= 0.6 is 23.2 Å². The molecule has 1 aromatic heterocycles. The van der Waals surface area contributed by atoms with Crippen LogP contribution in [0.3, 0.4) is 0 Å². The van der Waals surface area contributed by atoms with E-state index in [0.717, 1.165) is 0 Å². The Kier molecular flexibility index (Phi) is 6.16. The van der Waals surface area contributed by atoms with Crippen LogP contribution in [0.15, 0.2) is 58.5 Å². The zero-order valence-corrected chi connectivity index (χ0v) is 17.8. The number of aromatic nitrogens is 2. The minimum atomic E-state index is -3.86. The van der Waals surface area contributed by atoms with Gasteiger partial charge in [0.05, 0.1) is 21.9 Å². The molecule has 3 rings (SSSR count). The number of aryl methyl sites for hydroxylation is 1. The minimum Gasteiger partial charge on any atom is -0.497 e. The molecule has 0 aliphatic heterocycles. The lowest BCUT2D eigenvalue weighted by Crippen LogP contribution is -2.14. The van der Waals surface area contributed by atoms with Crippen LogP contribution in [0.2, 0.25) is 10.0 Å². The van der Waals surface area contributed by atoms with E-state index in [0.29, 0.717) is 11.6 Å². The maximum absolute atomic E-state index is 13.0. The Labute approximate surface area is 178 Å². The van der Waals surface area contributed by atoms with E-state index in [2.05, 4.69) is 10.4 Å². The highest BCUT2D eigenvalue weighted by atomic mass is 35.5. The molecule has 10 heteroatoms. The fraction of sp³-hybridized carbons (Fsp3) is 0.158. The molecule has 2 aromatic carbocycles. The van der Waals surface area contributed by atoms with Gasteiger partial charge in [-0.3, -0.25) is 9.48 Å². The molecule has 0 atom stereocenters. The van der Waals surface area contributed by atoms with Crippen molar-refractivity contribution >= 4 is 44.6 Å². The van der Waals surface area contributed by atoms with Crippen molar-refractivity contribution in [3.63, 3.8) is 0 Å². The van der Waals surface area contributed by atoms with E-state index in [9.17, 15) is 13.2 Å². The van der Waals surface area contributed by atoms with E-state index in [-0.39, 0.29) is 31.9 Å². The van der Waals surface area contributed by atoms with Crippen molar-refractivity contribution in [2.24, 2.45) is 0 Å². The largest absolute Gasteiger partial charge is 0.497 e. The predicted octanol–water partition coefficient (Wildman–Crippen LogP) is 4.30. The number of carbonyl (C=O) groups is 1. The molecule has 1 N–H and O–H groups in total. The first-order valence-electron chi connectivity index (χ1n) is 8.48. The second-order valence-corrected chi connectivity index (χ2v) is 8.78. The third kappa shape index (κ3) is 4.55. The molecule has 0 radical (unpaired) electrons. The van der Waals surface area contributed by atoms with Crippen LogP contribution in [-0.2, 0) is 16.4 Å². The van der Waals surface area contributed by atoms with Crippen LogP contribution in [-0.4, -0.2) is 31.2 Å². The molecule has 3 aromatic rings. The molecule has 1 heterocycles. The molecule has 0 saturated carbocycles. The SMILES string of the molecule is CCn1cc(Cl)c(C(=O)Nc2cc(OC)cc(S(=O)(=O)c3ccc(Cl)cc3)c2)n1. The maximum atomic E-state index is 13.0. The number of rotatable bonds is 6. The molecule has 0 spiro atoms. The Balaban J connectivity index is 1.97. The van der Waals surface area contributed by atoms with Crippen LogP contribution in [0.5, 0.6) is 5.75 Å². The second-order valence-electron chi connectivity index (χ2n) is 5.99. The lowest BCUT2D eigenvalue weighted by molar-refractivity contribution is 0.102. The highest BCUT2D eigenvalue weighted by molar-refractivity contribution is 7.91. The number of methoxy groups -OCH3 is 1. The predicted molar refractivity (Wildman–Crippen MR) is 111 cm³/mol. The van der Waals surface area contributed by atoms with Crippen molar-refractivity contribution in [3.05, 3.63) is 64.4 Å². The number of anilines is 1. The molecule has 7 nitrogen and oxygen atoms in total. The topological polar surface area (TPSA) is 90.3 Å². The molecule has 152 valence electrons. The van der Waals surface area contributed by atoms with Crippen molar-refractivity contribution in [3.8, 4) is 5.75 Å². The number of benzene rings is 2. The van der Waals surface area contributed by atoms with E-state index in [1.165, 1.54) is 54.3 Å². The molecule has 0 fully saturated rings. The van der Waals surface area contributed by atoms with E-state index >= 15 is 0 Å². The van der Waals surface area contributed by atoms with E-state index in [1.54, 1.807) is 6.20 Å². The summed E-state index contributed by atoms with van der Waals surface area (Å²) in [7, 11) is -2.45. The summed E-state index contributed by atoms with van der Waals surface area (Å²) in [5, 5.41) is 7.34. The van der Waals surface area contributed by atoms with Crippen LogP contribution in [0.1, 0.15) is 17.4 Å². The first kappa shape index (κ1) is 21.2. The number of hydrogen-bond acceptors (Lipinski definition) is 5. The number of carbonyl (C=O) groups excluding carboxylic acids is 1. The van der Waals surface area contributed by atoms with Crippen molar-refractivity contribution in [1.82, 2.24) is 9.78 Å². The number of hydrogen-bond donors (Lipinski definition) is 1. The fourth-order valence-corrected chi connectivity index (χ4v) is 4.25. The Morgan fingerprint density at radius 3 is 2.41 bits per heavy atom. The van der Waals surface area contributed by atoms with Crippen LogP contribution in [0.4, 0.5) is 5.69 Å². The quantitative estimate of drug-likeness (QED) is 0.600. The summed E-state index contributed by atoms with van der Waals surface area (Å²) in [6.07, 6.45) is 1.54. The first-order valence-corrected chi connectivity index (χ1v) is 10.7. The number of amides is 1. The third-order valence-electron chi connectivity index (χ3n) is 4.06. The third-order valence-corrected chi connectivity index (χ3v) is 6.34. The van der Waals surface area contributed by atoms with Crippen molar-refractivity contribution in [2.45, 2.75) is 23.3 Å². The van der Waals surface area contributed by atoms with E-state index < -0.39 is 15.7 Å². The normalized spacial score (nSPS) is 11.3. The van der Waals surface area contributed by atoms with Gasteiger partial charge >= 0.3 is 0 Å². The molecular formula is C19H17Cl2N3O4S. The fourth-order valence-electron chi connectivity index (χ4n) is 2.57. The molecular weight excluding hydrogens is 437 g/mol. The number of nitrogens with zero attached hydrogens (tertiary/aromatic N) is 2. The monoisotopic (exact) mass is 453 g/mol. The summed E-state index contributed by atoms with van der Waals surface area (Å²) < 4.78 is 32.7. The van der Waals surface area contributed by atoms with Gasteiger partial charge in [0, 0.05) is 29.5 Å². The Morgan fingerprint density at radius 1 is 1.14 bits per heavy atom. The van der Waals surface area contributed by atoms with Gasteiger partial charge in [-0.2, -0.15) is 5.10 Å². The Hall–Kier alpha value is -2.55.